The zero-order valence-electron chi connectivity index (χ0n) is 10.9. The maximum atomic E-state index is 5.89. The smallest absolute Gasteiger partial charge is 0.0351 e. The van der Waals surface area contributed by atoms with Gasteiger partial charge in [0.2, 0.25) is 0 Å². The molecule has 0 aromatic heterocycles. The molecule has 0 saturated carbocycles. The molecule has 2 aliphatic rings. The van der Waals surface area contributed by atoms with E-state index >= 15 is 0 Å². The molecule has 3 heteroatoms. The first-order chi connectivity index (χ1) is 7.49. The average molecular weight is 245 g/mol. The van der Waals surface area contributed by atoms with Crippen molar-refractivity contribution in [2.75, 3.05) is 32.1 Å². The van der Waals surface area contributed by atoms with Gasteiger partial charge in [0.05, 0.1) is 0 Å². The van der Waals surface area contributed by atoms with Crippen LogP contribution >= 0.6 is 11.6 Å². The Morgan fingerprint density at radius 1 is 1.44 bits per heavy atom. The minimum atomic E-state index is 0.364. The minimum absolute atomic E-state index is 0.364. The molecule has 2 atom stereocenters. The topological polar surface area (TPSA) is 15.3 Å². The summed E-state index contributed by atoms with van der Waals surface area (Å²) in [6, 6.07) is 0.701. The third kappa shape index (κ3) is 2.12. The number of alkyl halides is 1. The van der Waals surface area contributed by atoms with E-state index in [0.29, 0.717) is 16.9 Å². The molecule has 2 fully saturated rings. The Balaban J connectivity index is 2.10. The van der Waals surface area contributed by atoms with Crippen LogP contribution in [0, 0.1) is 10.8 Å². The van der Waals surface area contributed by atoms with E-state index in [4.69, 9.17) is 11.6 Å². The lowest BCUT2D eigenvalue weighted by Gasteiger charge is -2.64. The number of nitrogens with one attached hydrogen (secondary N) is 1. The summed E-state index contributed by atoms with van der Waals surface area (Å²) in [5, 5.41) is 3.58. The van der Waals surface area contributed by atoms with Gasteiger partial charge in [-0.2, -0.15) is 0 Å². The Morgan fingerprint density at radius 2 is 2.19 bits per heavy atom. The Morgan fingerprint density at radius 3 is 2.69 bits per heavy atom. The third-order valence-corrected chi connectivity index (χ3v) is 4.33. The highest BCUT2D eigenvalue weighted by Gasteiger charge is 2.56. The molecule has 2 heterocycles. The molecule has 2 saturated heterocycles. The molecule has 2 aliphatic heterocycles. The zero-order valence-corrected chi connectivity index (χ0v) is 11.6. The lowest BCUT2D eigenvalue weighted by Crippen LogP contribution is -2.73. The van der Waals surface area contributed by atoms with E-state index in [9.17, 15) is 0 Å². The molecule has 0 bridgehead atoms. The molecular weight excluding hydrogens is 220 g/mol. The fourth-order valence-electron chi connectivity index (χ4n) is 4.00. The summed E-state index contributed by atoms with van der Waals surface area (Å²) < 4.78 is 0. The molecule has 94 valence electrons. The first-order valence-electron chi connectivity index (χ1n) is 6.50. The van der Waals surface area contributed by atoms with E-state index in [1.54, 1.807) is 0 Å². The maximum Gasteiger partial charge on any atom is 0.0351 e. The zero-order chi connectivity index (χ0) is 11.8. The van der Waals surface area contributed by atoms with Crippen molar-refractivity contribution in [3.8, 4) is 0 Å². The van der Waals surface area contributed by atoms with Gasteiger partial charge in [-0.25, -0.2) is 0 Å². The highest BCUT2D eigenvalue weighted by molar-refractivity contribution is 6.18. The minimum Gasteiger partial charge on any atom is -0.316 e. The van der Waals surface area contributed by atoms with Crippen LogP contribution in [0.2, 0.25) is 0 Å². The van der Waals surface area contributed by atoms with E-state index in [0.717, 1.165) is 12.4 Å². The van der Waals surface area contributed by atoms with Gasteiger partial charge < -0.3 is 5.32 Å². The van der Waals surface area contributed by atoms with Gasteiger partial charge in [-0.15, -0.1) is 11.6 Å². The van der Waals surface area contributed by atoms with Crippen molar-refractivity contribution in [2.24, 2.45) is 10.8 Å². The summed E-state index contributed by atoms with van der Waals surface area (Å²) in [6.07, 6.45) is 2.72. The molecule has 1 spiro atoms. The van der Waals surface area contributed by atoms with E-state index < -0.39 is 0 Å². The third-order valence-electron chi connectivity index (χ3n) is 4.16. The summed E-state index contributed by atoms with van der Waals surface area (Å²) in [6.45, 7) is 11.8. The molecule has 0 aromatic carbocycles. The molecule has 2 rings (SSSR count). The first kappa shape index (κ1) is 12.7. The summed E-state index contributed by atoms with van der Waals surface area (Å²) in [5.41, 5.74) is 0.895. The van der Waals surface area contributed by atoms with Crippen LogP contribution in [-0.4, -0.2) is 43.0 Å². The number of piperidine rings is 1. The monoisotopic (exact) mass is 244 g/mol. The number of likely N-dealkylation sites (tertiary alicyclic amines) is 1. The molecule has 16 heavy (non-hydrogen) atoms. The molecule has 1 N–H and O–H groups in total. The summed E-state index contributed by atoms with van der Waals surface area (Å²) in [5.74, 6) is 0.760. The first-order valence-corrected chi connectivity index (χ1v) is 7.04. The number of hydrogen-bond acceptors (Lipinski definition) is 2. The number of nitrogens with zero attached hydrogens (tertiary/aromatic N) is 1. The SMILES string of the molecule is CC(C)(C)C1N(CCCl)CC12CCCNC2. The molecule has 0 aromatic rings. The Bertz CT molecular complexity index is 241. The van der Waals surface area contributed by atoms with Gasteiger partial charge in [0.15, 0.2) is 0 Å². The summed E-state index contributed by atoms with van der Waals surface area (Å²) in [4.78, 5) is 2.58. The van der Waals surface area contributed by atoms with Crippen LogP contribution < -0.4 is 5.32 Å². The predicted molar refractivity (Wildman–Crippen MR) is 70.1 cm³/mol. The van der Waals surface area contributed by atoms with E-state index in [1.165, 1.54) is 32.5 Å². The van der Waals surface area contributed by atoms with Crippen molar-refractivity contribution in [2.45, 2.75) is 39.7 Å². The van der Waals surface area contributed by atoms with E-state index in [-0.39, 0.29) is 0 Å². The van der Waals surface area contributed by atoms with Crippen molar-refractivity contribution >= 4 is 11.6 Å². The van der Waals surface area contributed by atoms with Crippen LogP contribution in [-0.2, 0) is 0 Å². The second-order valence-electron chi connectivity index (χ2n) is 6.57. The van der Waals surface area contributed by atoms with Gasteiger partial charge >= 0.3 is 0 Å². The maximum absolute atomic E-state index is 5.89. The van der Waals surface area contributed by atoms with Crippen LogP contribution in [0.1, 0.15) is 33.6 Å². The van der Waals surface area contributed by atoms with Crippen LogP contribution in [0.4, 0.5) is 0 Å². The molecule has 0 aliphatic carbocycles. The van der Waals surface area contributed by atoms with Crippen molar-refractivity contribution in [1.82, 2.24) is 10.2 Å². The highest BCUT2D eigenvalue weighted by atomic mass is 35.5. The van der Waals surface area contributed by atoms with Gasteiger partial charge in [0.25, 0.3) is 0 Å². The fourth-order valence-corrected chi connectivity index (χ4v) is 4.22. The second-order valence-corrected chi connectivity index (χ2v) is 6.95. The molecule has 0 radical (unpaired) electrons. The predicted octanol–water partition coefficient (Wildman–Crippen LogP) is 2.33. The van der Waals surface area contributed by atoms with E-state index in [2.05, 4.69) is 31.0 Å². The van der Waals surface area contributed by atoms with Crippen molar-refractivity contribution in [3.63, 3.8) is 0 Å². The summed E-state index contributed by atoms with van der Waals surface area (Å²) >= 11 is 5.89. The van der Waals surface area contributed by atoms with Crippen LogP contribution in [0.15, 0.2) is 0 Å². The second kappa shape index (κ2) is 4.47. The standard InChI is InChI=1S/C13H25ClN2/c1-12(2,3)11-13(5-4-7-15-9-13)10-16(11)8-6-14/h11,15H,4-10H2,1-3H3. The largest absolute Gasteiger partial charge is 0.316 e. The quantitative estimate of drug-likeness (QED) is 0.751. The van der Waals surface area contributed by atoms with Gasteiger partial charge in [0, 0.05) is 37.0 Å². The van der Waals surface area contributed by atoms with Crippen LogP contribution in [0.3, 0.4) is 0 Å². The highest BCUT2D eigenvalue weighted by Crippen LogP contribution is 2.50. The van der Waals surface area contributed by atoms with Crippen LogP contribution in [0.5, 0.6) is 0 Å². The lowest BCUT2D eigenvalue weighted by atomic mass is 9.59. The number of halogens is 1. The summed E-state index contributed by atoms with van der Waals surface area (Å²) in [7, 11) is 0. The molecule has 2 nitrogen and oxygen atoms in total. The number of hydrogen-bond donors (Lipinski definition) is 1. The fraction of sp³-hybridized carbons (Fsp3) is 1.00. The Labute approximate surface area is 105 Å². The van der Waals surface area contributed by atoms with Gasteiger partial charge in [-0.1, -0.05) is 20.8 Å². The van der Waals surface area contributed by atoms with Crippen LogP contribution in [0.25, 0.3) is 0 Å². The Hall–Kier alpha value is 0.210. The lowest BCUT2D eigenvalue weighted by molar-refractivity contribution is -0.133. The van der Waals surface area contributed by atoms with Gasteiger partial charge in [-0.05, 0) is 24.8 Å². The van der Waals surface area contributed by atoms with Crippen molar-refractivity contribution < 1.29 is 0 Å². The molecule has 0 amide bonds. The Kier molecular flexibility index (Phi) is 3.54. The average Bonchev–Trinajstić information content (AvgIpc) is 2.15. The number of rotatable bonds is 2. The van der Waals surface area contributed by atoms with Gasteiger partial charge in [-0.3, -0.25) is 4.90 Å². The molecule has 2 unspecified atom stereocenters. The van der Waals surface area contributed by atoms with Crippen molar-refractivity contribution in [1.29, 1.82) is 0 Å². The van der Waals surface area contributed by atoms with Gasteiger partial charge in [0.1, 0.15) is 0 Å². The van der Waals surface area contributed by atoms with Crippen molar-refractivity contribution in [3.05, 3.63) is 0 Å². The van der Waals surface area contributed by atoms with E-state index in [1.807, 2.05) is 0 Å². The normalized spacial score (nSPS) is 36.4. The molecular formula is C13H25ClN2.